The van der Waals surface area contributed by atoms with Gasteiger partial charge in [0.05, 0.1) is 12.0 Å². The first-order valence-electron chi connectivity index (χ1n) is 10.8. The van der Waals surface area contributed by atoms with Gasteiger partial charge in [-0.1, -0.05) is 49.6 Å². The van der Waals surface area contributed by atoms with Crippen molar-refractivity contribution in [3.63, 3.8) is 0 Å². The second-order valence-electron chi connectivity index (χ2n) is 10.6. The van der Waals surface area contributed by atoms with Crippen LogP contribution in [0.4, 0.5) is 0 Å². The summed E-state index contributed by atoms with van der Waals surface area (Å²) in [4.78, 5) is 12.2. The van der Waals surface area contributed by atoms with Crippen LogP contribution in [-0.2, 0) is 9.53 Å². The lowest BCUT2D eigenvalue weighted by Gasteiger charge is -2.34. The molecule has 0 saturated carbocycles. The van der Waals surface area contributed by atoms with Crippen molar-refractivity contribution >= 4 is 5.97 Å². The van der Waals surface area contributed by atoms with Crippen molar-refractivity contribution in [2.75, 3.05) is 6.61 Å². The van der Waals surface area contributed by atoms with Crippen LogP contribution < -0.4 is 0 Å². The van der Waals surface area contributed by atoms with E-state index in [2.05, 4.69) is 39.8 Å². The molecule has 0 unspecified atom stereocenters. The zero-order valence-electron chi connectivity index (χ0n) is 18.4. The van der Waals surface area contributed by atoms with Gasteiger partial charge in [0.2, 0.25) is 0 Å². The largest absolute Gasteiger partial charge is 0.465 e. The highest BCUT2D eigenvalue weighted by Crippen LogP contribution is 2.54. The number of allylic oxidation sites excluding steroid dienone is 5. The van der Waals surface area contributed by atoms with Crippen LogP contribution in [0.3, 0.4) is 0 Å². The van der Waals surface area contributed by atoms with Crippen molar-refractivity contribution in [2.45, 2.75) is 80.6 Å². The van der Waals surface area contributed by atoms with Gasteiger partial charge >= 0.3 is 5.97 Å². The highest BCUT2D eigenvalue weighted by atomic mass is 16.5. The van der Waals surface area contributed by atoms with Crippen LogP contribution in [0.1, 0.15) is 80.6 Å². The fourth-order valence-electron chi connectivity index (χ4n) is 5.28. The van der Waals surface area contributed by atoms with Gasteiger partial charge in [0.1, 0.15) is 0 Å². The fraction of sp³-hybridized carbons (Fsp3) is 0.720. The van der Waals surface area contributed by atoms with Gasteiger partial charge in [0, 0.05) is 5.92 Å². The molecule has 0 saturated heterocycles. The molecule has 3 aliphatic carbocycles. The third-order valence-corrected chi connectivity index (χ3v) is 7.22. The van der Waals surface area contributed by atoms with Crippen molar-refractivity contribution in [2.24, 2.45) is 28.6 Å². The zero-order chi connectivity index (χ0) is 20.0. The SMILES string of the molecule is CC1=C2C[C@@]3(C)CCC([C@H](C)COC(=O)C(C)(C)C)=C3/C=C\[C@H](C)[C@@H]2CC1. The molecule has 0 bridgehead atoms. The van der Waals surface area contributed by atoms with Gasteiger partial charge in [-0.3, -0.25) is 4.79 Å². The lowest BCUT2D eigenvalue weighted by molar-refractivity contribution is -0.153. The summed E-state index contributed by atoms with van der Waals surface area (Å²) in [6.45, 7) is 15.7. The average molecular weight is 371 g/mol. The van der Waals surface area contributed by atoms with Gasteiger partial charge in [-0.2, -0.15) is 0 Å². The number of hydrogen-bond acceptors (Lipinski definition) is 2. The van der Waals surface area contributed by atoms with Gasteiger partial charge in [-0.25, -0.2) is 0 Å². The molecule has 0 heterocycles. The number of fused-ring (bicyclic) bond motifs is 2. The molecule has 0 aromatic heterocycles. The van der Waals surface area contributed by atoms with Crippen LogP contribution >= 0.6 is 0 Å². The molecular formula is C25H38O2. The van der Waals surface area contributed by atoms with Gasteiger partial charge < -0.3 is 4.74 Å². The van der Waals surface area contributed by atoms with Crippen molar-refractivity contribution in [1.82, 2.24) is 0 Å². The summed E-state index contributed by atoms with van der Waals surface area (Å²) in [6, 6.07) is 0. The van der Waals surface area contributed by atoms with Crippen molar-refractivity contribution in [3.8, 4) is 0 Å². The van der Waals surface area contributed by atoms with E-state index in [1.165, 1.54) is 36.8 Å². The van der Waals surface area contributed by atoms with E-state index in [1.807, 2.05) is 20.8 Å². The Morgan fingerprint density at radius 2 is 2.04 bits per heavy atom. The maximum absolute atomic E-state index is 12.2. The van der Waals surface area contributed by atoms with E-state index in [1.54, 1.807) is 11.1 Å². The van der Waals surface area contributed by atoms with Crippen LogP contribution in [0, 0.1) is 28.6 Å². The van der Waals surface area contributed by atoms with Gasteiger partial charge in [0.25, 0.3) is 0 Å². The van der Waals surface area contributed by atoms with Crippen LogP contribution in [0.25, 0.3) is 0 Å². The first kappa shape index (κ1) is 20.4. The van der Waals surface area contributed by atoms with Crippen LogP contribution in [0.15, 0.2) is 34.4 Å². The summed E-state index contributed by atoms with van der Waals surface area (Å²) < 4.78 is 5.65. The Kier molecular flexibility index (Phi) is 5.49. The van der Waals surface area contributed by atoms with E-state index in [0.717, 1.165) is 12.3 Å². The van der Waals surface area contributed by atoms with E-state index >= 15 is 0 Å². The highest BCUT2D eigenvalue weighted by Gasteiger charge is 2.41. The second kappa shape index (κ2) is 7.26. The molecule has 0 spiro atoms. The van der Waals surface area contributed by atoms with Gasteiger partial charge in [0.15, 0.2) is 0 Å². The molecule has 0 aromatic rings. The van der Waals surface area contributed by atoms with Crippen LogP contribution in [0.5, 0.6) is 0 Å². The molecule has 0 aliphatic heterocycles. The summed E-state index contributed by atoms with van der Waals surface area (Å²) in [7, 11) is 0. The molecule has 4 atom stereocenters. The molecule has 3 aliphatic rings. The van der Waals surface area contributed by atoms with E-state index in [0.29, 0.717) is 18.4 Å². The summed E-state index contributed by atoms with van der Waals surface area (Å²) in [5.41, 5.74) is 6.23. The lowest BCUT2D eigenvalue weighted by atomic mass is 9.70. The van der Waals surface area contributed by atoms with Crippen LogP contribution in [-0.4, -0.2) is 12.6 Å². The quantitative estimate of drug-likeness (QED) is 0.411. The molecule has 2 heteroatoms. The maximum atomic E-state index is 12.2. The highest BCUT2D eigenvalue weighted by molar-refractivity contribution is 5.75. The third kappa shape index (κ3) is 3.96. The van der Waals surface area contributed by atoms with E-state index in [4.69, 9.17) is 4.74 Å². The minimum Gasteiger partial charge on any atom is -0.465 e. The molecule has 0 N–H and O–H groups in total. The number of carbonyl (C=O) groups is 1. The number of esters is 1. The molecule has 0 amide bonds. The lowest BCUT2D eigenvalue weighted by Crippen LogP contribution is -2.25. The molecule has 0 fully saturated rings. The second-order valence-corrected chi connectivity index (χ2v) is 10.6. The topological polar surface area (TPSA) is 26.3 Å². The predicted molar refractivity (Wildman–Crippen MR) is 112 cm³/mol. The standard InChI is InChI=1S/C25H38O2/c1-16-9-11-22-20(18(3)15-27-23(26)24(4,5)6)12-13-25(22,7)14-21-17(2)8-10-19(16)21/h9,11,16,18-19H,8,10,12-15H2,1-7H3/b11-9-/t16-,18+,19-,25+/m0/s1. The molecule has 27 heavy (non-hydrogen) atoms. The Labute approximate surface area is 166 Å². The summed E-state index contributed by atoms with van der Waals surface area (Å²) in [6.07, 6.45) is 11.1. The van der Waals surface area contributed by atoms with Crippen LogP contribution in [0.2, 0.25) is 0 Å². The fourth-order valence-corrected chi connectivity index (χ4v) is 5.28. The monoisotopic (exact) mass is 370 g/mol. The Morgan fingerprint density at radius 1 is 1.33 bits per heavy atom. The molecule has 0 aromatic carbocycles. The molecule has 0 radical (unpaired) electrons. The van der Waals surface area contributed by atoms with E-state index < -0.39 is 5.41 Å². The first-order valence-corrected chi connectivity index (χ1v) is 10.8. The number of hydrogen-bond donors (Lipinski definition) is 0. The summed E-state index contributed by atoms with van der Waals surface area (Å²) in [5, 5.41) is 0. The Hall–Kier alpha value is -1.31. The first-order chi connectivity index (χ1) is 12.5. The predicted octanol–water partition coefficient (Wildman–Crippen LogP) is 6.63. The average Bonchev–Trinajstić information content (AvgIpc) is 3.09. The summed E-state index contributed by atoms with van der Waals surface area (Å²) in [5.74, 6) is 1.55. The van der Waals surface area contributed by atoms with Gasteiger partial charge in [-0.05, 0) is 82.6 Å². The third-order valence-electron chi connectivity index (χ3n) is 7.22. The van der Waals surface area contributed by atoms with E-state index in [-0.39, 0.29) is 11.4 Å². The molecule has 150 valence electrons. The Morgan fingerprint density at radius 3 is 2.70 bits per heavy atom. The van der Waals surface area contributed by atoms with Gasteiger partial charge in [-0.15, -0.1) is 0 Å². The maximum Gasteiger partial charge on any atom is 0.311 e. The number of ether oxygens (including phenoxy) is 1. The molecular weight excluding hydrogens is 332 g/mol. The molecule has 3 rings (SSSR count). The van der Waals surface area contributed by atoms with Crippen molar-refractivity contribution in [1.29, 1.82) is 0 Å². The molecule has 2 nitrogen and oxygen atoms in total. The summed E-state index contributed by atoms with van der Waals surface area (Å²) >= 11 is 0. The smallest absolute Gasteiger partial charge is 0.311 e. The minimum atomic E-state index is -0.432. The minimum absolute atomic E-state index is 0.0999. The van der Waals surface area contributed by atoms with E-state index in [9.17, 15) is 4.79 Å². The Bertz CT molecular complexity index is 700. The normalized spacial score (nSPS) is 33.3. The number of rotatable bonds is 3. The zero-order valence-corrected chi connectivity index (χ0v) is 18.4. The van der Waals surface area contributed by atoms with Crippen molar-refractivity contribution < 1.29 is 9.53 Å². The Balaban J connectivity index is 1.85. The van der Waals surface area contributed by atoms with Crippen molar-refractivity contribution in [3.05, 3.63) is 34.4 Å². The number of carbonyl (C=O) groups excluding carboxylic acids is 1.